The van der Waals surface area contributed by atoms with Crippen LogP contribution in [0.15, 0.2) is 30.6 Å². The lowest BCUT2D eigenvalue weighted by Crippen LogP contribution is -2.30. The maximum atomic E-state index is 12.3. The molecule has 1 aromatic heterocycles. The van der Waals surface area contributed by atoms with Gasteiger partial charge in [-0.2, -0.15) is 0 Å². The number of amides is 2. The van der Waals surface area contributed by atoms with E-state index in [1.54, 1.807) is 12.1 Å². The molecule has 0 bridgehead atoms. The number of aromatic nitrogens is 2. The summed E-state index contributed by atoms with van der Waals surface area (Å²) in [5.74, 6) is -0.721. The summed E-state index contributed by atoms with van der Waals surface area (Å²) in [6.07, 6.45) is 2.73. The van der Waals surface area contributed by atoms with Gasteiger partial charge in [0.25, 0.3) is 11.8 Å². The monoisotopic (exact) mass is 289 g/mol. The summed E-state index contributed by atoms with van der Waals surface area (Å²) in [5, 5.41) is 0.387. The number of carbonyl (C=O) groups excluding carboxylic acids is 2. The molecule has 0 N–H and O–H groups in total. The minimum absolute atomic E-state index is 0.0273. The number of anilines is 1. The Bertz CT molecular complexity index is 698. The van der Waals surface area contributed by atoms with Gasteiger partial charge in [-0.15, -0.1) is 0 Å². The van der Waals surface area contributed by atoms with E-state index in [0.29, 0.717) is 10.8 Å². The zero-order valence-electron chi connectivity index (χ0n) is 10.3. The number of benzene rings is 1. The van der Waals surface area contributed by atoms with Gasteiger partial charge in [0.2, 0.25) is 0 Å². The summed E-state index contributed by atoms with van der Waals surface area (Å²) < 4.78 is 5.16. The van der Waals surface area contributed by atoms with Crippen molar-refractivity contribution < 1.29 is 14.3 Å². The van der Waals surface area contributed by atoms with Crippen molar-refractivity contribution in [1.29, 1.82) is 0 Å². The van der Waals surface area contributed by atoms with E-state index in [1.807, 2.05) is 0 Å². The molecule has 0 spiro atoms. The van der Waals surface area contributed by atoms with Gasteiger partial charge in [0.05, 0.1) is 12.8 Å². The molecule has 0 atom stereocenters. The van der Waals surface area contributed by atoms with E-state index in [4.69, 9.17) is 16.3 Å². The molecule has 3 rings (SSSR count). The standard InChI is InChI=1S/C13H8ClN3O3/c1-20-9-3-2-7(14)6-8(9)17-12(18)10-11(13(17)19)16-5-4-15-10/h2-6H,1H3. The first-order valence-corrected chi connectivity index (χ1v) is 6.04. The molecule has 0 saturated carbocycles. The Balaban J connectivity index is 2.16. The summed E-state index contributed by atoms with van der Waals surface area (Å²) in [6.45, 7) is 0. The average molecular weight is 290 g/mol. The molecule has 1 aliphatic heterocycles. The van der Waals surface area contributed by atoms with Crippen molar-refractivity contribution >= 4 is 29.1 Å². The van der Waals surface area contributed by atoms with Gasteiger partial charge in [0, 0.05) is 17.4 Å². The Morgan fingerprint density at radius 2 is 1.70 bits per heavy atom. The summed E-state index contributed by atoms with van der Waals surface area (Å²) in [5.41, 5.74) is 0.328. The summed E-state index contributed by atoms with van der Waals surface area (Å²) >= 11 is 5.92. The van der Waals surface area contributed by atoms with Crippen LogP contribution in [0.25, 0.3) is 0 Å². The summed E-state index contributed by atoms with van der Waals surface area (Å²) in [7, 11) is 1.45. The van der Waals surface area contributed by atoms with Crippen molar-refractivity contribution in [2.24, 2.45) is 0 Å². The molecule has 1 aliphatic rings. The molecule has 0 unspecified atom stereocenters. The third-order valence-electron chi connectivity index (χ3n) is 2.89. The number of imide groups is 1. The van der Waals surface area contributed by atoms with Crippen LogP contribution in [-0.2, 0) is 0 Å². The van der Waals surface area contributed by atoms with E-state index < -0.39 is 11.8 Å². The molecular weight excluding hydrogens is 282 g/mol. The number of methoxy groups -OCH3 is 1. The minimum atomic E-state index is -0.543. The first-order valence-electron chi connectivity index (χ1n) is 5.67. The van der Waals surface area contributed by atoms with Gasteiger partial charge in [0.15, 0.2) is 11.4 Å². The van der Waals surface area contributed by atoms with Crippen LogP contribution in [0.1, 0.15) is 21.0 Å². The van der Waals surface area contributed by atoms with Crippen molar-refractivity contribution in [3.8, 4) is 5.75 Å². The molecule has 0 aliphatic carbocycles. The zero-order valence-corrected chi connectivity index (χ0v) is 11.1. The number of rotatable bonds is 2. The van der Waals surface area contributed by atoms with Crippen LogP contribution in [0.4, 0.5) is 5.69 Å². The molecule has 20 heavy (non-hydrogen) atoms. The van der Waals surface area contributed by atoms with Gasteiger partial charge < -0.3 is 4.74 Å². The van der Waals surface area contributed by atoms with Crippen LogP contribution in [0.2, 0.25) is 5.02 Å². The number of carbonyl (C=O) groups is 2. The number of hydrogen-bond donors (Lipinski definition) is 0. The van der Waals surface area contributed by atoms with E-state index in [-0.39, 0.29) is 17.1 Å². The molecule has 0 radical (unpaired) electrons. The van der Waals surface area contributed by atoms with Crippen molar-refractivity contribution in [1.82, 2.24) is 9.97 Å². The zero-order chi connectivity index (χ0) is 14.3. The van der Waals surface area contributed by atoms with E-state index in [9.17, 15) is 9.59 Å². The topological polar surface area (TPSA) is 72.4 Å². The largest absolute Gasteiger partial charge is 0.495 e. The lowest BCUT2D eigenvalue weighted by atomic mass is 10.2. The third-order valence-corrected chi connectivity index (χ3v) is 3.13. The first-order chi connectivity index (χ1) is 9.63. The predicted octanol–water partition coefficient (Wildman–Crippen LogP) is 1.94. The van der Waals surface area contributed by atoms with Crippen molar-refractivity contribution in [3.05, 3.63) is 47.0 Å². The number of hydrogen-bond acceptors (Lipinski definition) is 5. The van der Waals surface area contributed by atoms with E-state index >= 15 is 0 Å². The molecule has 0 fully saturated rings. The predicted molar refractivity (Wildman–Crippen MR) is 71.2 cm³/mol. The van der Waals surface area contributed by atoms with Crippen LogP contribution in [0.3, 0.4) is 0 Å². The van der Waals surface area contributed by atoms with Gasteiger partial charge >= 0.3 is 0 Å². The number of halogens is 1. The van der Waals surface area contributed by atoms with E-state index in [2.05, 4.69) is 9.97 Å². The minimum Gasteiger partial charge on any atom is -0.495 e. The second-order valence-corrected chi connectivity index (χ2v) is 4.45. The van der Waals surface area contributed by atoms with Crippen LogP contribution in [0, 0.1) is 0 Å². The fourth-order valence-corrected chi connectivity index (χ4v) is 2.18. The molecule has 6 nitrogen and oxygen atoms in total. The van der Waals surface area contributed by atoms with E-state index in [0.717, 1.165) is 4.90 Å². The highest BCUT2D eigenvalue weighted by Crippen LogP contribution is 2.35. The second-order valence-electron chi connectivity index (χ2n) is 4.02. The highest BCUT2D eigenvalue weighted by molar-refractivity contribution is 6.35. The molecule has 2 aromatic rings. The maximum Gasteiger partial charge on any atom is 0.286 e. The molecule has 1 aromatic carbocycles. The highest BCUT2D eigenvalue weighted by Gasteiger charge is 2.40. The molecule has 0 saturated heterocycles. The average Bonchev–Trinajstić information content (AvgIpc) is 2.71. The Morgan fingerprint density at radius 3 is 2.25 bits per heavy atom. The van der Waals surface area contributed by atoms with Gasteiger partial charge in [-0.3, -0.25) is 9.59 Å². The molecule has 2 amide bonds. The second kappa shape index (κ2) is 4.57. The Kier molecular flexibility index (Phi) is 2.87. The summed E-state index contributed by atoms with van der Waals surface area (Å²) in [6, 6.07) is 4.68. The SMILES string of the molecule is COc1ccc(Cl)cc1N1C(=O)c2nccnc2C1=O. The third kappa shape index (κ3) is 1.73. The molecule has 2 heterocycles. The summed E-state index contributed by atoms with van der Waals surface area (Å²) in [4.78, 5) is 33.3. The molecular formula is C13H8ClN3O3. The maximum absolute atomic E-state index is 12.3. The lowest BCUT2D eigenvalue weighted by molar-refractivity contribution is 0.0922. The number of ether oxygens (including phenoxy) is 1. The number of nitrogens with zero attached hydrogens (tertiary/aromatic N) is 3. The first kappa shape index (κ1) is 12.6. The molecule has 7 heteroatoms. The fourth-order valence-electron chi connectivity index (χ4n) is 2.01. The molecule has 100 valence electrons. The lowest BCUT2D eigenvalue weighted by Gasteiger charge is -2.16. The van der Waals surface area contributed by atoms with Crippen molar-refractivity contribution in [2.45, 2.75) is 0 Å². The fraction of sp³-hybridized carbons (Fsp3) is 0.0769. The van der Waals surface area contributed by atoms with Crippen molar-refractivity contribution in [3.63, 3.8) is 0 Å². The number of fused-ring (bicyclic) bond motifs is 1. The quantitative estimate of drug-likeness (QED) is 0.790. The Morgan fingerprint density at radius 1 is 1.10 bits per heavy atom. The Labute approximate surface area is 119 Å². The smallest absolute Gasteiger partial charge is 0.286 e. The van der Waals surface area contributed by atoms with Crippen LogP contribution in [-0.4, -0.2) is 28.9 Å². The highest BCUT2D eigenvalue weighted by atomic mass is 35.5. The van der Waals surface area contributed by atoms with Crippen LogP contribution in [0.5, 0.6) is 5.75 Å². The normalized spacial score (nSPS) is 13.6. The van der Waals surface area contributed by atoms with Crippen LogP contribution < -0.4 is 9.64 Å². The van der Waals surface area contributed by atoms with Gasteiger partial charge in [-0.25, -0.2) is 14.9 Å². The van der Waals surface area contributed by atoms with Crippen LogP contribution >= 0.6 is 11.6 Å². The van der Waals surface area contributed by atoms with Crippen molar-refractivity contribution in [2.75, 3.05) is 12.0 Å². The van der Waals surface area contributed by atoms with Gasteiger partial charge in [0.1, 0.15) is 5.75 Å². The van der Waals surface area contributed by atoms with E-state index in [1.165, 1.54) is 25.6 Å². The van der Waals surface area contributed by atoms with Gasteiger partial charge in [-0.1, -0.05) is 11.6 Å². The Hall–Kier alpha value is -2.47. The van der Waals surface area contributed by atoms with Gasteiger partial charge in [-0.05, 0) is 18.2 Å².